The average molecular weight is 553 g/mol. The predicted octanol–water partition coefficient (Wildman–Crippen LogP) is 4.41. The maximum atomic E-state index is 13.6. The number of nitrogens with zero attached hydrogens (tertiary/aromatic N) is 4. The Hall–Kier alpha value is -4.77. The highest BCUT2D eigenvalue weighted by atomic mass is 32.2. The van der Waals surface area contributed by atoms with Crippen LogP contribution in [0.25, 0.3) is 22.0 Å². The number of methoxy groups -OCH3 is 1. The molecule has 4 heterocycles. The highest BCUT2D eigenvalue weighted by Crippen LogP contribution is 2.59. The molecule has 1 aliphatic carbocycles. The Morgan fingerprint density at radius 2 is 1.85 bits per heavy atom. The van der Waals surface area contributed by atoms with Crippen molar-refractivity contribution in [2.24, 2.45) is 0 Å². The van der Waals surface area contributed by atoms with E-state index in [4.69, 9.17) is 4.74 Å². The second-order valence-corrected chi connectivity index (χ2v) is 11.7. The van der Waals surface area contributed by atoms with E-state index < -0.39 is 15.4 Å². The Labute approximate surface area is 230 Å². The summed E-state index contributed by atoms with van der Waals surface area (Å²) in [6.45, 7) is 0.421. The van der Waals surface area contributed by atoms with Crippen LogP contribution in [0.3, 0.4) is 0 Å². The van der Waals surface area contributed by atoms with Crippen molar-refractivity contribution in [1.29, 1.82) is 0 Å². The van der Waals surface area contributed by atoms with E-state index in [0.717, 1.165) is 46.1 Å². The monoisotopic (exact) mass is 552 g/mol. The van der Waals surface area contributed by atoms with Crippen LogP contribution >= 0.6 is 0 Å². The fourth-order valence-corrected chi connectivity index (χ4v) is 6.55. The Kier molecular flexibility index (Phi) is 5.39. The van der Waals surface area contributed by atoms with Gasteiger partial charge in [-0.15, -0.1) is 0 Å². The number of benzene rings is 2. The first-order chi connectivity index (χ1) is 19.4. The summed E-state index contributed by atoms with van der Waals surface area (Å²) in [6.07, 6.45) is 8.52. The molecule has 0 bridgehead atoms. The van der Waals surface area contributed by atoms with Crippen molar-refractivity contribution in [3.05, 3.63) is 90.5 Å². The lowest BCUT2D eigenvalue weighted by atomic mass is 9.92. The molecule has 200 valence electrons. The number of ether oxygens (including phenoxy) is 1. The fraction of sp³-hybridized carbons (Fsp3) is 0.172. The molecule has 1 fully saturated rings. The zero-order valence-electron chi connectivity index (χ0n) is 21.5. The van der Waals surface area contributed by atoms with E-state index in [1.165, 1.54) is 19.2 Å². The summed E-state index contributed by atoms with van der Waals surface area (Å²) in [5, 5.41) is 7.72. The lowest BCUT2D eigenvalue weighted by Crippen LogP contribution is -2.31. The molecule has 40 heavy (non-hydrogen) atoms. The molecule has 1 spiro atoms. The average Bonchev–Trinajstić information content (AvgIpc) is 3.54. The summed E-state index contributed by atoms with van der Waals surface area (Å²) in [6, 6.07) is 15.7. The molecule has 2 aromatic carbocycles. The Bertz CT molecular complexity index is 1890. The van der Waals surface area contributed by atoms with Crippen LogP contribution in [0.4, 0.5) is 11.4 Å². The quantitative estimate of drug-likeness (QED) is 0.306. The van der Waals surface area contributed by atoms with Crippen LogP contribution in [-0.4, -0.2) is 41.6 Å². The van der Waals surface area contributed by atoms with Gasteiger partial charge in [-0.3, -0.25) is 19.6 Å². The smallest absolute Gasteiger partial charge is 0.262 e. The van der Waals surface area contributed by atoms with Crippen molar-refractivity contribution in [2.45, 2.75) is 29.7 Å². The fourth-order valence-electron chi connectivity index (χ4n) is 5.49. The topological polar surface area (TPSA) is 130 Å². The molecular formula is C29H24N6O4S. The van der Waals surface area contributed by atoms with Gasteiger partial charge in [0.2, 0.25) is 11.8 Å². The van der Waals surface area contributed by atoms with Gasteiger partial charge in [-0.25, -0.2) is 13.4 Å². The molecule has 1 saturated carbocycles. The second kappa shape index (κ2) is 8.88. The molecule has 11 heteroatoms. The SMILES string of the molecule is COc1ncc(-c2ccc3ncc4c(c3c2)C2(CC2)C(=O)N4Cc2cn[nH]c2)cc1NS(=O)(=O)c1ccccc1. The lowest BCUT2D eigenvalue weighted by Gasteiger charge is -2.16. The van der Waals surface area contributed by atoms with Gasteiger partial charge in [0.25, 0.3) is 10.0 Å². The number of aromatic amines is 1. The van der Waals surface area contributed by atoms with Gasteiger partial charge in [0.15, 0.2) is 0 Å². The molecule has 2 aliphatic rings. The van der Waals surface area contributed by atoms with Crippen molar-refractivity contribution >= 4 is 38.2 Å². The van der Waals surface area contributed by atoms with Crippen LogP contribution in [0.15, 0.2) is 84.3 Å². The van der Waals surface area contributed by atoms with Crippen LogP contribution in [0.1, 0.15) is 24.0 Å². The van der Waals surface area contributed by atoms with E-state index in [1.807, 2.05) is 18.2 Å². The van der Waals surface area contributed by atoms with Gasteiger partial charge in [-0.05, 0) is 48.7 Å². The van der Waals surface area contributed by atoms with Crippen LogP contribution in [-0.2, 0) is 26.8 Å². The first-order valence-electron chi connectivity index (χ1n) is 12.7. The van der Waals surface area contributed by atoms with E-state index >= 15 is 0 Å². The molecule has 7 rings (SSSR count). The van der Waals surface area contributed by atoms with Crippen molar-refractivity contribution in [2.75, 3.05) is 16.7 Å². The van der Waals surface area contributed by atoms with Crippen molar-refractivity contribution in [3.63, 3.8) is 0 Å². The molecule has 1 amide bonds. The molecule has 2 N–H and O–H groups in total. The number of amides is 1. The van der Waals surface area contributed by atoms with Gasteiger partial charge in [0.1, 0.15) is 5.69 Å². The van der Waals surface area contributed by atoms with Crippen LogP contribution in [0.5, 0.6) is 5.88 Å². The third-order valence-electron chi connectivity index (χ3n) is 7.59. The molecule has 0 unspecified atom stereocenters. The molecule has 1 aliphatic heterocycles. The highest BCUT2D eigenvalue weighted by molar-refractivity contribution is 7.92. The van der Waals surface area contributed by atoms with Crippen LogP contribution in [0, 0.1) is 0 Å². The third-order valence-corrected chi connectivity index (χ3v) is 8.97. The Balaban J connectivity index is 1.31. The van der Waals surface area contributed by atoms with E-state index in [0.29, 0.717) is 12.1 Å². The number of carbonyl (C=O) groups excluding carboxylic acids is 1. The first-order valence-corrected chi connectivity index (χ1v) is 14.2. The molecule has 0 radical (unpaired) electrons. The number of fused-ring (bicyclic) bond motifs is 4. The van der Waals surface area contributed by atoms with Gasteiger partial charge in [0, 0.05) is 34.5 Å². The van der Waals surface area contributed by atoms with Gasteiger partial charge in [0.05, 0.1) is 47.6 Å². The summed E-state index contributed by atoms with van der Waals surface area (Å²) < 4.78 is 34.0. The minimum Gasteiger partial charge on any atom is -0.480 e. The molecule has 5 aromatic rings. The Morgan fingerprint density at radius 1 is 1.02 bits per heavy atom. The number of aromatic nitrogens is 4. The predicted molar refractivity (Wildman–Crippen MR) is 149 cm³/mol. The van der Waals surface area contributed by atoms with Crippen LogP contribution in [0.2, 0.25) is 0 Å². The minimum absolute atomic E-state index is 0.0899. The van der Waals surface area contributed by atoms with Crippen LogP contribution < -0.4 is 14.4 Å². The Morgan fingerprint density at radius 3 is 2.58 bits per heavy atom. The second-order valence-electron chi connectivity index (χ2n) is 10.0. The maximum absolute atomic E-state index is 13.6. The molecular weight excluding hydrogens is 528 g/mol. The standard InChI is InChI=1S/C29H24N6O4S/c1-39-27-24(34-40(37,38)21-5-3-2-4-6-21)12-20(15-31-27)19-7-8-23-22(11-19)26-25(16-30-23)35(17-18-13-32-33-14-18)28(36)29(26)9-10-29/h2-8,11-16,34H,9-10,17H2,1H3,(H,32,33). The minimum atomic E-state index is -3.86. The number of H-pyrrole nitrogens is 1. The number of anilines is 2. The third kappa shape index (κ3) is 3.81. The maximum Gasteiger partial charge on any atom is 0.262 e. The van der Waals surface area contributed by atoms with Crippen molar-refractivity contribution in [3.8, 4) is 17.0 Å². The number of hydrogen-bond donors (Lipinski definition) is 2. The van der Waals surface area contributed by atoms with E-state index in [-0.39, 0.29) is 22.4 Å². The number of nitrogens with one attached hydrogen (secondary N) is 2. The number of pyridine rings is 2. The molecule has 10 nitrogen and oxygen atoms in total. The number of carbonyl (C=O) groups is 1. The van der Waals surface area contributed by atoms with E-state index in [2.05, 4.69) is 24.9 Å². The summed E-state index contributed by atoms with van der Waals surface area (Å²) in [5.41, 5.74) is 4.72. The zero-order chi connectivity index (χ0) is 27.5. The summed E-state index contributed by atoms with van der Waals surface area (Å²) >= 11 is 0. The highest BCUT2D eigenvalue weighted by Gasteiger charge is 2.60. The zero-order valence-corrected chi connectivity index (χ0v) is 22.3. The van der Waals surface area contributed by atoms with E-state index in [1.54, 1.807) is 54.0 Å². The van der Waals surface area contributed by atoms with Gasteiger partial charge in [-0.2, -0.15) is 5.10 Å². The number of hydrogen-bond acceptors (Lipinski definition) is 7. The van der Waals surface area contributed by atoms with Gasteiger partial charge >= 0.3 is 0 Å². The summed E-state index contributed by atoms with van der Waals surface area (Å²) in [7, 11) is -2.42. The van der Waals surface area contributed by atoms with E-state index in [9.17, 15) is 13.2 Å². The molecule has 0 saturated heterocycles. The number of sulfonamides is 1. The lowest BCUT2D eigenvalue weighted by molar-refractivity contribution is -0.120. The molecule has 3 aromatic heterocycles. The first kappa shape index (κ1) is 24.3. The molecule has 0 atom stereocenters. The summed E-state index contributed by atoms with van der Waals surface area (Å²) in [5.74, 6) is 0.246. The normalized spacial score (nSPS) is 15.4. The van der Waals surface area contributed by atoms with Crippen molar-refractivity contribution in [1.82, 2.24) is 20.2 Å². The van der Waals surface area contributed by atoms with Gasteiger partial charge in [-0.1, -0.05) is 24.3 Å². The largest absolute Gasteiger partial charge is 0.480 e. The number of rotatable bonds is 7. The van der Waals surface area contributed by atoms with Crippen molar-refractivity contribution < 1.29 is 17.9 Å². The summed E-state index contributed by atoms with van der Waals surface area (Å²) in [4.78, 5) is 24.6. The van der Waals surface area contributed by atoms with Gasteiger partial charge < -0.3 is 9.64 Å².